The molecule has 1 N–H and O–H groups in total. The molecule has 3 aliphatic rings. The number of fused-ring (bicyclic) bond motifs is 5. The summed E-state index contributed by atoms with van der Waals surface area (Å²) in [5.74, 6) is -2.19. The maximum Gasteiger partial charge on any atom is 0.241 e. The van der Waals surface area contributed by atoms with Gasteiger partial charge in [-0.1, -0.05) is 24.3 Å². The van der Waals surface area contributed by atoms with Crippen LogP contribution in [-0.4, -0.2) is 41.0 Å². The first-order valence-electron chi connectivity index (χ1n) is 7.45. The summed E-state index contributed by atoms with van der Waals surface area (Å²) < 4.78 is 5.68. The van der Waals surface area contributed by atoms with E-state index in [9.17, 15) is 19.5 Å². The number of aliphatic hydroxyl groups is 1. The fraction of sp³-hybridized carbons (Fsp3) is 0.353. The molecule has 118 valence electrons. The van der Waals surface area contributed by atoms with Gasteiger partial charge < -0.3 is 9.84 Å². The van der Waals surface area contributed by atoms with Crippen molar-refractivity contribution in [2.24, 2.45) is 11.8 Å². The Labute approximate surface area is 132 Å². The Morgan fingerprint density at radius 3 is 2.83 bits per heavy atom. The van der Waals surface area contributed by atoms with Gasteiger partial charge >= 0.3 is 0 Å². The van der Waals surface area contributed by atoms with Crippen molar-refractivity contribution in [3.8, 4) is 0 Å². The molecule has 0 radical (unpaired) electrons. The summed E-state index contributed by atoms with van der Waals surface area (Å²) in [4.78, 5) is 38.2. The fourth-order valence-corrected chi connectivity index (χ4v) is 3.80. The normalized spacial score (nSPS) is 34.3. The monoisotopic (exact) mass is 313 g/mol. The molecule has 6 nitrogen and oxygen atoms in total. The Bertz CT molecular complexity index is 770. The molecule has 2 bridgehead atoms. The van der Waals surface area contributed by atoms with Gasteiger partial charge in [-0.05, 0) is 19.1 Å². The van der Waals surface area contributed by atoms with Gasteiger partial charge in [-0.15, -0.1) is 0 Å². The summed E-state index contributed by atoms with van der Waals surface area (Å²) >= 11 is 0. The Morgan fingerprint density at radius 2 is 2.13 bits per heavy atom. The van der Waals surface area contributed by atoms with Crippen LogP contribution in [0.2, 0.25) is 0 Å². The molecular formula is C17H15NO5. The number of hydrogen-bond donors (Lipinski definition) is 1. The molecule has 2 fully saturated rings. The molecule has 1 aromatic carbocycles. The lowest BCUT2D eigenvalue weighted by atomic mass is 9.77. The number of ether oxygens (including phenoxy) is 1. The van der Waals surface area contributed by atoms with Crippen molar-refractivity contribution < 1.29 is 24.2 Å². The van der Waals surface area contributed by atoms with Crippen molar-refractivity contribution in [1.29, 1.82) is 0 Å². The number of aliphatic hydroxyl groups excluding tert-OH is 1. The number of rotatable bonds is 3. The molecule has 4 atom stereocenters. The molecule has 3 aliphatic heterocycles. The van der Waals surface area contributed by atoms with Gasteiger partial charge in [0, 0.05) is 5.56 Å². The van der Waals surface area contributed by atoms with E-state index in [1.807, 2.05) is 0 Å². The highest BCUT2D eigenvalue weighted by Crippen LogP contribution is 2.52. The molecule has 6 heteroatoms. The second kappa shape index (κ2) is 4.59. The van der Waals surface area contributed by atoms with Crippen LogP contribution in [0.1, 0.15) is 17.3 Å². The van der Waals surface area contributed by atoms with Gasteiger partial charge in [-0.25, -0.2) is 4.90 Å². The van der Waals surface area contributed by atoms with Crippen molar-refractivity contribution in [3.05, 3.63) is 42.0 Å². The van der Waals surface area contributed by atoms with E-state index in [4.69, 9.17) is 4.74 Å². The van der Waals surface area contributed by atoms with Crippen LogP contribution in [0.15, 0.2) is 36.4 Å². The number of benzene rings is 1. The third-order valence-electron chi connectivity index (χ3n) is 4.91. The van der Waals surface area contributed by atoms with Crippen LogP contribution in [0.25, 0.3) is 0 Å². The van der Waals surface area contributed by atoms with Crippen molar-refractivity contribution >= 4 is 23.3 Å². The lowest BCUT2D eigenvalue weighted by Crippen LogP contribution is -2.43. The number of amides is 2. The zero-order valence-corrected chi connectivity index (χ0v) is 12.4. The first-order chi connectivity index (χ1) is 11.0. The quantitative estimate of drug-likeness (QED) is 0.504. The van der Waals surface area contributed by atoms with Gasteiger partial charge in [-0.3, -0.25) is 14.4 Å². The minimum Gasteiger partial charge on any atom is -0.393 e. The highest BCUT2D eigenvalue weighted by molar-refractivity contribution is 6.23. The Hall–Kier alpha value is -2.31. The van der Waals surface area contributed by atoms with Gasteiger partial charge in [-0.2, -0.15) is 0 Å². The van der Waals surface area contributed by atoms with Crippen LogP contribution < -0.4 is 4.90 Å². The molecule has 0 aromatic heterocycles. The molecular weight excluding hydrogens is 298 g/mol. The van der Waals surface area contributed by atoms with E-state index >= 15 is 0 Å². The summed E-state index contributed by atoms with van der Waals surface area (Å²) in [6.07, 6.45) is 2.93. The molecule has 0 aliphatic carbocycles. The van der Waals surface area contributed by atoms with Gasteiger partial charge in [0.25, 0.3) is 0 Å². The minimum atomic E-state index is -1.10. The topological polar surface area (TPSA) is 83.9 Å². The van der Waals surface area contributed by atoms with Crippen molar-refractivity contribution in [2.45, 2.75) is 18.6 Å². The smallest absolute Gasteiger partial charge is 0.241 e. The maximum atomic E-state index is 12.8. The fourth-order valence-electron chi connectivity index (χ4n) is 3.80. The van der Waals surface area contributed by atoms with Crippen molar-refractivity contribution in [2.75, 3.05) is 11.5 Å². The molecule has 0 unspecified atom stereocenters. The standard InChI is InChI=1S/C17H15NO5/c1-9(20)10-3-2-4-11(7-10)18-15(21)13-12-5-6-17(8-19,23-12)14(13)16(18)22/h2-7,12-14,19H,8H2,1H3/t12-,13+,14-,17+/m1/s1. The van der Waals surface area contributed by atoms with Crippen LogP contribution in [-0.2, 0) is 14.3 Å². The van der Waals surface area contributed by atoms with Crippen LogP contribution in [0.4, 0.5) is 5.69 Å². The number of Topliss-reactive ketones (excluding diaryl/α,β-unsaturated/α-hetero) is 1. The van der Waals surface area contributed by atoms with Gasteiger partial charge in [0.15, 0.2) is 5.78 Å². The number of imide groups is 1. The average Bonchev–Trinajstić information content (AvgIpc) is 3.18. The highest BCUT2D eigenvalue weighted by atomic mass is 16.5. The third-order valence-corrected chi connectivity index (χ3v) is 4.91. The number of carbonyl (C=O) groups excluding carboxylic acids is 3. The number of ketones is 1. The Morgan fingerprint density at radius 1 is 1.35 bits per heavy atom. The lowest BCUT2D eigenvalue weighted by molar-refractivity contribution is -0.128. The van der Waals surface area contributed by atoms with Crippen molar-refractivity contribution in [3.63, 3.8) is 0 Å². The van der Waals surface area contributed by atoms with E-state index in [-0.39, 0.29) is 24.2 Å². The van der Waals surface area contributed by atoms with E-state index in [2.05, 4.69) is 0 Å². The van der Waals surface area contributed by atoms with E-state index in [0.717, 1.165) is 4.90 Å². The predicted molar refractivity (Wildman–Crippen MR) is 79.7 cm³/mol. The summed E-state index contributed by atoms with van der Waals surface area (Å²) in [6, 6.07) is 6.46. The van der Waals surface area contributed by atoms with Gasteiger partial charge in [0.2, 0.25) is 11.8 Å². The first-order valence-corrected chi connectivity index (χ1v) is 7.45. The average molecular weight is 313 g/mol. The Balaban J connectivity index is 1.76. The zero-order valence-electron chi connectivity index (χ0n) is 12.4. The SMILES string of the molecule is CC(=O)c1cccc(N2C(=O)[C@H]3[C@H]4C=C[C@@](CO)(O4)[C@H]3C2=O)c1. The summed E-state index contributed by atoms with van der Waals surface area (Å²) in [7, 11) is 0. The number of hydrogen-bond acceptors (Lipinski definition) is 5. The van der Waals surface area contributed by atoms with Crippen LogP contribution in [0, 0.1) is 11.8 Å². The number of anilines is 1. The molecule has 23 heavy (non-hydrogen) atoms. The predicted octanol–water partition coefficient (Wildman–Crippen LogP) is 0.694. The molecule has 4 rings (SSSR count). The van der Waals surface area contributed by atoms with E-state index in [1.54, 1.807) is 36.4 Å². The molecule has 2 amide bonds. The molecule has 1 aromatic rings. The van der Waals surface area contributed by atoms with Crippen LogP contribution >= 0.6 is 0 Å². The second-order valence-electron chi connectivity index (χ2n) is 6.18. The lowest BCUT2D eigenvalue weighted by Gasteiger charge is -2.26. The number of nitrogens with zero attached hydrogens (tertiary/aromatic N) is 1. The zero-order chi connectivity index (χ0) is 16.4. The largest absolute Gasteiger partial charge is 0.393 e. The van der Waals surface area contributed by atoms with Crippen molar-refractivity contribution in [1.82, 2.24) is 0 Å². The minimum absolute atomic E-state index is 0.136. The van der Waals surface area contributed by atoms with E-state index in [0.29, 0.717) is 11.3 Å². The van der Waals surface area contributed by atoms with Crippen LogP contribution in [0.3, 0.4) is 0 Å². The van der Waals surface area contributed by atoms with E-state index in [1.165, 1.54) is 6.92 Å². The molecule has 3 heterocycles. The highest BCUT2D eigenvalue weighted by Gasteiger charge is 2.67. The Kier molecular flexibility index (Phi) is 2.86. The van der Waals surface area contributed by atoms with E-state index < -0.39 is 23.5 Å². The van der Waals surface area contributed by atoms with Gasteiger partial charge in [0.05, 0.1) is 30.2 Å². The van der Waals surface area contributed by atoms with Crippen LogP contribution in [0.5, 0.6) is 0 Å². The van der Waals surface area contributed by atoms with Gasteiger partial charge in [0.1, 0.15) is 5.60 Å². The molecule has 0 saturated carbocycles. The number of carbonyl (C=O) groups is 3. The molecule has 2 saturated heterocycles. The second-order valence-corrected chi connectivity index (χ2v) is 6.18. The maximum absolute atomic E-state index is 12.8. The summed E-state index contributed by atoms with van der Waals surface area (Å²) in [5.41, 5.74) is -0.279. The first kappa shape index (κ1) is 14.3. The molecule has 0 spiro atoms. The third kappa shape index (κ3) is 1.73. The summed E-state index contributed by atoms with van der Waals surface area (Å²) in [6.45, 7) is 1.09. The summed E-state index contributed by atoms with van der Waals surface area (Å²) in [5, 5.41) is 9.67.